The maximum Gasteiger partial charge on any atom is 0.0540 e. The van der Waals surface area contributed by atoms with Crippen molar-refractivity contribution in [2.45, 2.75) is 0 Å². The van der Waals surface area contributed by atoms with Gasteiger partial charge >= 0.3 is 0 Å². The summed E-state index contributed by atoms with van der Waals surface area (Å²) in [4.78, 5) is 4.68. The van der Waals surface area contributed by atoms with Crippen LogP contribution in [0.25, 0.3) is 44.5 Å². The van der Waals surface area contributed by atoms with Crippen molar-refractivity contribution in [3.05, 3.63) is 243 Å². The van der Waals surface area contributed by atoms with Gasteiger partial charge in [0.2, 0.25) is 0 Å². The molecule has 0 aromatic heterocycles. The summed E-state index contributed by atoms with van der Waals surface area (Å²) in [6.07, 6.45) is 0. The van der Waals surface area contributed by atoms with Crippen LogP contribution < -0.4 is 9.80 Å². The van der Waals surface area contributed by atoms with Crippen LogP contribution in [0.2, 0.25) is 0 Å². The number of hydrogen-bond acceptors (Lipinski definition) is 2. The minimum atomic E-state index is 1.10. The van der Waals surface area contributed by atoms with Gasteiger partial charge in [-0.1, -0.05) is 176 Å². The highest BCUT2D eigenvalue weighted by molar-refractivity contribution is 5.89. The van der Waals surface area contributed by atoms with Gasteiger partial charge < -0.3 is 9.80 Å². The highest BCUT2D eigenvalue weighted by Crippen LogP contribution is 2.42. The van der Waals surface area contributed by atoms with Crippen molar-refractivity contribution in [1.29, 1.82) is 0 Å². The SMILES string of the molecule is c1ccc(-c2ccc(N(c3ccc(-c4ccccc4)cc3)c3ccc(-c4ccc(N(c5ccccc5)c5ccccc5-c5ccccc5)cc4)cc3)cc2)cc1. The van der Waals surface area contributed by atoms with Crippen molar-refractivity contribution >= 4 is 34.1 Å². The standard InChI is InChI=1S/C54H40N2/c1-5-15-41(16-6-1)43-25-33-49(34-26-43)55(50-35-27-44(28-36-50)42-17-7-2-8-18-42)51-37-29-45(30-38-51)46-31-39-52(40-32-46)56(48-21-11-4-12-22-48)54-24-14-13-23-53(54)47-19-9-3-10-20-47/h1-40H. The van der Waals surface area contributed by atoms with E-state index in [-0.39, 0.29) is 0 Å². The first kappa shape index (κ1) is 34.4. The highest BCUT2D eigenvalue weighted by atomic mass is 15.1. The summed E-state index contributed by atoms with van der Waals surface area (Å²) in [5.41, 5.74) is 16.2. The third-order valence-corrected chi connectivity index (χ3v) is 10.3. The third-order valence-electron chi connectivity index (χ3n) is 10.3. The number of para-hydroxylation sites is 2. The fourth-order valence-corrected chi connectivity index (χ4v) is 7.45. The molecule has 0 radical (unpaired) electrons. The predicted octanol–water partition coefficient (Wildman–Crippen LogP) is 15.3. The Morgan fingerprint density at radius 1 is 0.179 bits per heavy atom. The molecule has 0 N–H and O–H groups in total. The second kappa shape index (κ2) is 15.9. The molecule has 9 aromatic carbocycles. The second-order valence-electron chi connectivity index (χ2n) is 13.8. The maximum absolute atomic E-state index is 2.35. The fourth-order valence-electron chi connectivity index (χ4n) is 7.45. The van der Waals surface area contributed by atoms with Gasteiger partial charge in [-0.3, -0.25) is 0 Å². The Kier molecular flexibility index (Phi) is 9.75. The molecule has 2 nitrogen and oxygen atoms in total. The van der Waals surface area contributed by atoms with Gasteiger partial charge in [0.15, 0.2) is 0 Å². The van der Waals surface area contributed by atoms with Gasteiger partial charge in [0.05, 0.1) is 5.69 Å². The van der Waals surface area contributed by atoms with E-state index in [0.29, 0.717) is 0 Å². The molecule has 0 heterocycles. The van der Waals surface area contributed by atoms with Crippen LogP contribution in [0.4, 0.5) is 34.1 Å². The van der Waals surface area contributed by atoms with Crippen LogP contribution in [0.5, 0.6) is 0 Å². The Labute approximate surface area is 329 Å². The Morgan fingerprint density at radius 2 is 0.446 bits per heavy atom. The highest BCUT2D eigenvalue weighted by Gasteiger charge is 2.18. The molecule has 0 saturated carbocycles. The van der Waals surface area contributed by atoms with Gasteiger partial charge in [-0.2, -0.15) is 0 Å². The van der Waals surface area contributed by atoms with E-state index in [1.54, 1.807) is 0 Å². The lowest BCUT2D eigenvalue weighted by molar-refractivity contribution is 1.28. The van der Waals surface area contributed by atoms with Gasteiger partial charge in [-0.05, 0) is 106 Å². The molecule has 56 heavy (non-hydrogen) atoms. The summed E-state index contributed by atoms with van der Waals surface area (Å²) in [6, 6.07) is 86.5. The van der Waals surface area contributed by atoms with E-state index in [1.165, 1.54) is 33.4 Å². The van der Waals surface area contributed by atoms with E-state index < -0.39 is 0 Å². The molecule has 0 aliphatic rings. The summed E-state index contributed by atoms with van der Waals surface area (Å²) < 4.78 is 0. The lowest BCUT2D eigenvalue weighted by atomic mass is 10.0. The van der Waals surface area contributed by atoms with E-state index in [9.17, 15) is 0 Å². The molecule has 0 spiro atoms. The van der Waals surface area contributed by atoms with Gasteiger partial charge in [-0.25, -0.2) is 0 Å². The van der Waals surface area contributed by atoms with E-state index in [2.05, 4.69) is 252 Å². The largest absolute Gasteiger partial charge is 0.311 e. The summed E-state index contributed by atoms with van der Waals surface area (Å²) in [5, 5.41) is 0. The molecule has 0 aliphatic carbocycles. The average molecular weight is 717 g/mol. The minimum Gasteiger partial charge on any atom is -0.311 e. The molecule has 0 atom stereocenters. The lowest BCUT2D eigenvalue weighted by Crippen LogP contribution is -2.11. The van der Waals surface area contributed by atoms with Crippen molar-refractivity contribution in [3.63, 3.8) is 0 Å². The van der Waals surface area contributed by atoms with Gasteiger partial charge in [0.25, 0.3) is 0 Å². The summed E-state index contributed by atoms with van der Waals surface area (Å²) in [5.74, 6) is 0. The fraction of sp³-hybridized carbons (Fsp3) is 0. The molecule has 0 amide bonds. The molecular formula is C54H40N2. The second-order valence-corrected chi connectivity index (χ2v) is 13.8. The molecule has 0 fully saturated rings. The zero-order valence-corrected chi connectivity index (χ0v) is 31.0. The van der Waals surface area contributed by atoms with Crippen LogP contribution in [-0.4, -0.2) is 0 Å². The average Bonchev–Trinajstić information content (AvgIpc) is 3.29. The number of nitrogens with zero attached hydrogens (tertiary/aromatic N) is 2. The number of benzene rings is 9. The topological polar surface area (TPSA) is 6.48 Å². The van der Waals surface area contributed by atoms with Crippen molar-refractivity contribution in [1.82, 2.24) is 0 Å². The molecule has 9 rings (SSSR count). The normalized spacial score (nSPS) is 10.9. The predicted molar refractivity (Wildman–Crippen MR) is 238 cm³/mol. The number of anilines is 6. The smallest absolute Gasteiger partial charge is 0.0540 e. The van der Waals surface area contributed by atoms with Crippen molar-refractivity contribution in [3.8, 4) is 44.5 Å². The first-order valence-corrected chi connectivity index (χ1v) is 19.1. The Morgan fingerprint density at radius 3 is 0.839 bits per heavy atom. The van der Waals surface area contributed by atoms with Crippen molar-refractivity contribution in [2.24, 2.45) is 0 Å². The molecule has 2 heteroatoms. The van der Waals surface area contributed by atoms with E-state index in [1.807, 2.05) is 0 Å². The van der Waals surface area contributed by atoms with Crippen LogP contribution in [0.3, 0.4) is 0 Å². The zero-order valence-electron chi connectivity index (χ0n) is 31.0. The minimum absolute atomic E-state index is 1.10. The molecule has 0 unspecified atom stereocenters. The molecular weight excluding hydrogens is 677 g/mol. The van der Waals surface area contributed by atoms with Crippen molar-refractivity contribution < 1.29 is 0 Å². The van der Waals surface area contributed by atoms with Gasteiger partial charge in [-0.15, -0.1) is 0 Å². The zero-order chi connectivity index (χ0) is 37.5. The van der Waals surface area contributed by atoms with Gasteiger partial charge in [0.1, 0.15) is 0 Å². The molecule has 9 aromatic rings. The van der Waals surface area contributed by atoms with Crippen LogP contribution in [0, 0.1) is 0 Å². The lowest BCUT2D eigenvalue weighted by Gasteiger charge is -2.28. The Hall–Kier alpha value is -7.42. The molecule has 0 saturated heterocycles. The molecule has 0 aliphatic heterocycles. The monoisotopic (exact) mass is 716 g/mol. The quantitative estimate of drug-likeness (QED) is 0.139. The van der Waals surface area contributed by atoms with E-state index in [4.69, 9.17) is 0 Å². The van der Waals surface area contributed by atoms with E-state index >= 15 is 0 Å². The first-order chi connectivity index (χ1) is 27.8. The summed E-state index contributed by atoms with van der Waals surface area (Å²) in [6.45, 7) is 0. The maximum atomic E-state index is 2.35. The number of rotatable bonds is 10. The van der Waals surface area contributed by atoms with E-state index in [0.717, 1.165) is 45.3 Å². The Balaban J connectivity index is 1.04. The Bertz CT molecular complexity index is 2540. The molecule has 266 valence electrons. The first-order valence-electron chi connectivity index (χ1n) is 19.1. The number of hydrogen-bond donors (Lipinski definition) is 0. The summed E-state index contributed by atoms with van der Waals surface area (Å²) in [7, 11) is 0. The van der Waals surface area contributed by atoms with Crippen LogP contribution >= 0.6 is 0 Å². The molecule has 0 bridgehead atoms. The van der Waals surface area contributed by atoms with Crippen LogP contribution in [0.15, 0.2) is 243 Å². The van der Waals surface area contributed by atoms with Crippen molar-refractivity contribution in [2.75, 3.05) is 9.80 Å². The van der Waals surface area contributed by atoms with Crippen LogP contribution in [-0.2, 0) is 0 Å². The van der Waals surface area contributed by atoms with Gasteiger partial charge in [0, 0.05) is 34.0 Å². The summed E-state index contributed by atoms with van der Waals surface area (Å²) >= 11 is 0. The van der Waals surface area contributed by atoms with Crippen LogP contribution in [0.1, 0.15) is 0 Å². The third kappa shape index (κ3) is 7.24.